The second-order valence-electron chi connectivity index (χ2n) is 5.01. The van der Waals surface area contributed by atoms with Crippen LogP contribution in [0, 0.1) is 13.8 Å². The SMILES string of the molecule is Cc1ccc(C(N)Cc2nc3ccccc3s2)c(C)n1. The van der Waals surface area contributed by atoms with Crippen LogP contribution >= 0.6 is 11.3 Å². The predicted octanol–water partition coefficient (Wildman–Crippen LogP) is 3.55. The van der Waals surface area contributed by atoms with Gasteiger partial charge in [0, 0.05) is 23.9 Å². The van der Waals surface area contributed by atoms with Gasteiger partial charge in [-0.05, 0) is 37.6 Å². The molecule has 0 spiro atoms. The van der Waals surface area contributed by atoms with Gasteiger partial charge in [-0.15, -0.1) is 11.3 Å². The lowest BCUT2D eigenvalue weighted by Crippen LogP contribution is -2.15. The summed E-state index contributed by atoms with van der Waals surface area (Å²) in [5, 5.41) is 1.08. The van der Waals surface area contributed by atoms with Crippen molar-refractivity contribution in [3.63, 3.8) is 0 Å². The van der Waals surface area contributed by atoms with Crippen molar-refractivity contribution < 1.29 is 0 Å². The van der Waals surface area contributed by atoms with Gasteiger partial charge in [-0.25, -0.2) is 4.98 Å². The maximum atomic E-state index is 6.33. The third-order valence-electron chi connectivity index (χ3n) is 3.40. The van der Waals surface area contributed by atoms with Crippen LogP contribution < -0.4 is 5.73 Å². The van der Waals surface area contributed by atoms with Crippen LogP contribution in [0.1, 0.15) is 28.0 Å². The molecule has 4 heteroatoms. The van der Waals surface area contributed by atoms with Crippen LogP contribution in [0.4, 0.5) is 0 Å². The van der Waals surface area contributed by atoms with E-state index < -0.39 is 0 Å². The van der Waals surface area contributed by atoms with Crippen LogP contribution in [0.2, 0.25) is 0 Å². The quantitative estimate of drug-likeness (QED) is 0.799. The summed E-state index contributed by atoms with van der Waals surface area (Å²) in [6.07, 6.45) is 0.755. The maximum Gasteiger partial charge on any atom is 0.0957 e. The molecule has 0 radical (unpaired) electrons. The summed E-state index contributed by atoms with van der Waals surface area (Å²) in [7, 11) is 0. The Morgan fingerprint density at radius 3 is 2.65 bits per heavy atom. The highest BCUT2D eigenvalue weighted by atomic mass is 32.1. The highest BCUT2D eigenvalue weighted by Crippen LogP contribution is 2.26. The molecular formula is C16H17N3S. The molecule has 0 amide bonds. The Morgan fingerprint density at radius 1 is 1.10 bits per heavy atom. The first-order chi connectivity index (χ1) is 9.63. The molecule has 2 aromatic heterocycles. The van der Waals surface area contributed by atoms with Crippen molar-refractivity contribution in [2.75, 3.05) is 0 Å². The fourth-order valence-corrected chi connectivity index (χ4v) is 3.42. The third-order valence-corrected chi connectivity index (χ3v) is 4.46. The second-order valence-corrected chi connectivity index (χ2v) is 6.13. The Hall–Kier alpha value is -1.78. The lowest BCUT2D eigenvalue weighted by atomic mass is 10.0. The number of hydrogen-bond donors (Lipinski definition) is 1. The van der Waals surface area contributed by atoms with E-state index in [4.69, 9.17) is 5.73 Å². The second kappa shape index (κ2) is 5.31. The molecule has 0 saturated heterocycles. The molecule has 0 fully saturated rings. The van der Waals surface area contributed by atoms with Gasteiger partial charge in [0.15, 0.2) is 0 Å². The van der Waals surface area contributed by atoms with E-state index in [1.165, 1.54) is 4.70 Å². The van der Waals surface area contributed by atoms with E-state index >= 15 is 0 Å². The number of aromatic nitrogens is 2. The summed E-state index contributed by atoms with van der Waals surface area (Å²) < 4.78 is 1.22. The zero-order chi connectivity index (χ0) is 14.1. The summed E-state index contributed by atoms with van der Waals surface area (Å²) in [4.78, 5) is 9.13. The minimum absolute atomic E-state index is 0.0522. The highest BCUT2D eigenvalue weighted by Gasteiger charge is 2.13. The van der Waals surface area contributed by atoms with Crippen molar-refractivity contribution in [1.82, 2.24) is 9.97 Å². The predicted molar refractivity (Wildman–Crippen MR) is 84.0 cm³/mol. The lowest BCUT2D eigenvalue weighted by molar-refractivity contribution is 0.707. The number of rotatable bonds is 3. The number of benzene rings is 1. The van der Waals surface area contributed by atoms with E-state index in [-0.39, 0.29) is 6.04 Å². The Labute approximate surface area is 122 Å². The highest BCUT2D eigenvalue weighted by molar-refractivity contribution is 7.18. The number of pyridine rings is 1. The molecule has 0 aliphatic carbocycles. The third kappa shape index (κ3) is 2.57. The van der Waals surface area contributed by atoms with Gasteiger partial charge in [0.2, 0.25) is 0 Å². The minimum atomic E-state index is -0.0522. The Bertz CT molecular complexity index is 715. The Morgan fingerprint density at radius 2 is 1.90 bits per heavy atom. The molecule has 0 bridgehead atoms. The zero-order valence-corrected chi connectivity index (χ0v) is 12.4. The van der Waals surface area contributed by atoms with Crippen LogP contribution in [0.15, 0.2) is 36.4 Å². The number of hydrogen-bond acceptors (Lipinski definition) is 4. The Balaban J connectivity index is 1.86. The molecule has 0 aliphatic heterocycles. The van der Waals surface area contributed by atoms with Crippen LogP contribution in [0.25, 0.3) is 10.2 Å². The van der Waals surface area contributed by atoms with Crippen molar-refractivity contribution in [3.05, 3.63) is 58.4 Å². The summed E-state index contributed by atoms with van der Waals surface area (Å²) >= 11 is 1.72. The molecule has 1 aromatic carbocycles. The Kier molecular flexibility index (Phi) is 3.51. The van der Waals surface area contributed by atoms with Gasteiger partial charge in [-0.3, -0.25) is 4.98 Å². The van der Waals surface area contributed by atoms with Gasteiger partial charge in [0.25, 0.3) is 0 Å². The van der Waals surface area contributed by atoms with Crippen molar-refractivity contribution >= 4 is 21.6 Å². The van der Waals surface area contributed by atoms with Gasteiger partial charge in [0.05, 0.1) is 15.2 Å². The van der Waals surface area contributed by atoms with Gasteiger partial charge < -0.3 is 5.73 Å². The average molecular weight is 283 g/mol. The normalized spacial score (nSPS) is 12.8. The number of nitrogens with zero attached hydrogens (tertiary/aromatic N) is 2. The molecule has 3 rings (SSSR count). The van der Waals surface area contributed by atoms with Gasteiger partial charge >= 0.3 is 0 Å². The zero-order valence-electron chi connectivity index (χ0n) is 11.6. The minimum Gasteiger partial charge on any atom is -0.324 e. The van der Waals surface area contributed by atoms with Gasteiger partial charge in [-0.2, -0.15) is 0 Å². The summed E-state index contributed by atoms with van der Waals surface area (Å²) in [6, 6.07) is 12.2. The maximum absolute atomic E-state index is 6.33. The first kappa shape index (κ1) is 13.2. The fraction of sp³-hybridized carbons (Fsp3) is 0.250. The number of para-hydroxylation sites is 1. The topological polar surface area (TPSA) is 51.8 Å². The number of aryl methyl sites for hydroxylation is 2. The number of fused-ring (bicyclic) bond motifs is 1. The van der Waals surface area contributed by atoms with E-state index in [0.29, 0.717) is 0 Å². The summed E-state index contributed by atoms with van der Waals surface area (Å²) in [5.74, 6) is 0. The largest absolute Gasteiger partial charge is 0.324 e. The summed E-state index contributed by atoms with van der Waals surface area (Å²) in [6.45, 7) is 4.01. The van der Waals surface area contributed by atoms with Crippen molar-refractivity contribution in [2.24, 2.45) is 5.73 Å². The van der Waals surface area contributed by atoms with E-state index in [0.717, 1.165) is 33.9 Å². The molecule has 1 atom stereocenters. The number of nitrogens with two attached hydrogens (primary N) is 1. The van der Waals surface area contributed by atoms with Gasteiger partial charge in [-0.1, -0.05) is 18.2 Å². The molecule has 2 N–H and O–H groups in total. The molecule has 3 aromatic rings. The molecule has 102 valence electrons. The first-order valence-corrected chi connectivity index (χ1v) is 7.49. The van der Waals surface area contributed by atoms with Crippen LogP contribution in [-0.2, 0) is 6.42 Å². The molecular weight excluding hydrogens is 266 g/mol. The van der Waals surface area contributed by atoms with E-state index in [1.54, 1.807) is 11.3 Å². The van der Waals surface area contributed by atoms with E-state index in [9.17, 15) is 0 Å². The lowest BCUT2D eigenvalue weighted by Gasteiger charge is -2.13. The number of thiazole rings is 1. The molecule has 0 saturated carbocycles. The van der Waals surface area contributed by atoms with Crippen molar-refractivity contribution in [2.45, 2.75) is 26.3 Å². The fourth-order valence-electron chi connectivity index (χ4n) is 2.39. The molecule has 20 heavy (non-hydrogen) atoms. The monoisotopic (exact) mass is 283 g/mol. The molecule has 0 aliphatic rings. The average Bonchev–Trinajstić information content (AvgIpc) is 2.80. The van der Waals surface area contributed by atoms with Crippen LogP contribution in [0.5, 0.6) is 0 Å². The van der Waals surface area contributed by atoms with Crippen molar-refractivity contribution in [1.29, 1.82) is 0 Å². The standard InChI is InChI=1S/C16H17N3S/c1-10-7-8-12(11(2)18-10)13(17)9-16-19-14-5-3-4-6-15(14)20-16/h3-8,13H,9,17H2,1-2H3. The molecule has 1 unspecified atom stereocenters. The van der Waals surface area contributed by atoms with Crippen LogP contribution in [-0.4, -0.2) is 9.97 Å². The van der Waals surface area contributed by atoms with E-state index in [1.807, 2.05) is 38.1 Å². The summed E-state index contributed by atoms with van der Waals surface area (Å²) in [5.41, 5.74) is 10.5. The van der Waals surface area contributed by atoms with Gasteiger partial charge in [0.1, 0.15) is 0 Å². The van der Waals surface area contributed by atoms with Crippen molar-refractivity contribution in [3.8, 4) is 0 Å². The first-order valence-electron chi connectivity index (χ1n) is 6.67. The molecule has 3 nitrogen and oxygen atoms in total. The molecule has 2 heterocycles. The smallest absolute Gasteiger partial charge is 0.0957 e. The van der Waals surface area contributed by atoms with E-state index in [2.05, 4.69) is 22.1 Å². The van der Waals surface area contributed by atoms with Crippen LogP contribution in [0.3, 0.4) is 0 Å².